The lowest BCUT2D eigenvalue weighted by atomic mass is 9.75. The van der Waals surface area contributed by atoms with Crippen LogP contribution in [0.25, 0.3) is 21.5 Å². The predicted molar refractivity (Wildman–Crippen MR) is 101 cm³/mol. The van der Waals surface area contributed by atoms with E-state index in [0.717, 1.165) is 18.4 Å². The molecule has 2 unspecified atom stereocenters. The summed E-state index contributed by atoms with van der Waals surface area (Å²) in [5, 5.41) is 16.6. The van der Waals surface area contributed by atoms with Gasteiger partial charge in [0.05, 0.1) is 18.8 Å². The van der Waals surface area contributed by atoms with Crippen molar-refractivity contribution in [3.63, 3.8) is 0 Å². The normalized spacial score (nSPS) is 30.0. The molecule has 0 spiro atoms. The molecule has 3 nitrogen and oxygen atoms in total. The quantitative estimate of drug-likeness (QED) is 0.690. The van der Waals surface area contributed by atoms with Crippen LogP contribution in [0, 0.1) is 0 Å². The second-order valence-corrected chi connectivity index (χ2v) is 7.64. The lowest BCUT2D eigenvalue weighted by Gasteiger charge is -2.50. The van der Waals surface area contributed by atoms with Crippen molar-refractivity contribution >= 4 is 21.5 Å². The third-order valence-electron chi connectivity index (χ3n) is 6.19. The van der Waals surface area contributed by atoms with Crippen LogP contribution in [0.15, 0.2) is 54.6 Å². The Labute approximate surface area is 147 Å². The van der Waals surface area contributed by atoms with Gasteiger partial charge in [-0.05, 0) is 53.1 Å². The van der Waals surface area contributed by atoms with Crippen LogP contribution < -0.4 is 0 Å². The standard InChI is InChI=1S/C22H23NO2/c1-23-16-11-22(24,12-17(23)14-25-13-16)21-10-15-6-2-3-7-18(15)19-8-4-5-9-20(19)21/h2-10,16-17,24H,11-14H2,1H3. The number of aliphatic hydroxyl groups is 1. The Morgan fingerprint density at radius 1 is 0.920 bits per heavy atom. The van der Waals surface area contributed by atoms with E-state index >= 15 is 0 Å². The fourth-order valence-corrected chi connectivity index (χ4v) is 4.80. The van der Waals surface area contributed by atoms with E-state index < -0.39 is 5.60 Å². The number of rotatable bonds is 1. The van der Waals surface area contributed by atoms with Crippen molar-refractivity contribution < 1.29 is 9.84 Å². The molecule has 2 saturated heterocycles. The van der Waals surface area contributed by atoms with Gasteiger partial charge in [-0.15, -0.1) is 0 Å². The zero-order chi connectivity index (χ0) is 17.0. The van der Waals surface area contributed by atoms with Gasteiger partial charge in [-0.1, -0.05) is 48.5 Å². The number of ether oxygens (including phenoxy) is 1. The molecule has 1 N–H and O–H groups in total. The molecule has 0 amide bonds. The molecule has 2 heterocycles. The monoisotopic (exact) mass is 333 g/mol. The summed E-state index contributed by atoms with van der Waals surface area (Å²) in [5.41, 5.74) is 0.279. The Kier molecular flexibility index (Phi) is 3.39. The Morgan fingerprint density at radius 3 is 2.24 bits per heavy atom. The number of likely N-dealkylation sites (N-methyl/N-ethyl adjacent to an activating group) is 1. The summed E-state index contributed by atoms with van der Waals surface area (Å²) in [6.07, 6.45) is 1.45. The van der Waals surface area contributed by atoms with Crippen LogP contribution in [0.2, 0.25) is 0 Å². The van der Waals surface area contributed by atoms with Crippen molar-refractivity contribution in [2.45, 2.75) is 30.5 Å². The largest absolute Gasteiger partial charge is 0.385 e. The molecule has 3 heteroatoms. The van der Waals surface area contributed by atoms with Crippen LogP contribution in [0.4, 0.5) is 0 Å². The number of piperidine rings is 1. The molecule has 3 aromatic rings. The maximum absolute atomic E-state index is 11.7. The van der Waals surface area contributed by atoms with Crippen LogP contribution in [0.1, 0.15) is 18.4 Å². The van der Waals surface area contributed by atoms with Crippen LogP contribution in [-0.2, 0) is 10.3 Å². The summed E-state index contributed by atoms with van der Waals surface area (Å²) >= 11 is 0. The SMILES string of the molecule is CN1C2COCC1CC(O)(c1cc3ccccc3c3ccccc13)C2. The van der Waals surface area contributed by atoms with Gasteiger partial charge in [-0.2, -0.15) is 0 Å². The van der Waals surface area contributed by atoms with Crippen LogP contribution in [0.3, 0.4) is 0 Å². The third-order valence-corrected chi connectivity index (χ3v) is 6.19. The van der Waals surface area contributed by atoms with E-state index in [0.29, 0.717) is 13.2 Å². The lowest BCUT2D eigenvalue weighted by molar-refractivity contribution is -0.137. The highest BCUT2D eigenvalue weighted by Crippen LogP contribution is 2.44. The number of morpholine rings is 1. The number of fused-ring (bicyclic) bond motifs is 5. The molecule has 2 fully saturated rings. The van der Waals surface area contributed by atoms with Crippen molar-refractivity contribution in [2.24, 2.45) is 0 Å². The Balaban J connectivity index is 1.74. The number of nitrogens with zero attached hydrogens (tertiary/aromatic N) is 1. The molecule has 2 bridgehead atoms. The van der Waals surface area contributed by atoms with Crippen LogP contribution in [0.5, 0.6) is 0 Å². The van der Waals surface area contributed by atoms with E-state index in [1.165, 1.54) is 21.5 Å². The maximum atomic E-state index is 11.7. The molecule has 25 heavy (non-hydrogen) atoms. The molecular formula is C22H23NO2. The number of benzene rings is 3. The van der Waals surface area contributed by atoms with Gasteiger partial charge in [0, 0.05) is 12.1 Å². The van der Waals surface area contributed by atoms with Gasteiger partial charge < -0.3 is 9.84 Å². The van der Waals surface area contributed by atoms with Gasteiger partial charge in [0.1, 0.15) is 0 Å². The van der Waals surface area contributed by atoms with E-state index in [-0.39, 0.29) is 12.1 Å². The topological polar surface area (TPSA) is 32.7 Å². The zero-order valence-corrected chi connectivity index (χ0v) is 14.5. The van der Waals surface area contributed by atoms with E-state index in [1.807, 2.05) is 0 Å². The summed E-state index contributed by atoms with van der Waals surface area (Å²) < 4.78 is 5.74. The summed E-state index contributed by atoms with van der Waals surface area (Å²) in [5.74, 6) is 0. The molecule has 0 radical (unpaired) electrons. The molecule has 2 aliphatic heterocycles. The minimum absolute atomic E-state index is 0.280. The molecule has 2 atom stereocenters. The van der Waals surface area contributed by atoms with Crippen LogP contribution in [-0.4, -0.2) is 42.4 Å². The van der Waals surface area contributed by atoms with E-state index in [4.69, 9.17) is 4.74 Å². The lowest BCUT2D eigenvalue weighted by Crippen LogP contribution is -2.59. The Hall–Kier alpha value is -1.94. The first kappa shape index (κ1) is 15.3. The highest BCUT2D eigenvalue weighted by molar-refractivity contribution is 6.09. The zero-order valence-electron chi connectivity index (χ0n) is 14.5. The van der Waals surface area contributed by atoms with E-state index in [2.05, 4.69) is 66.5 Å². The molecule has 2 aliphatic rings. The second kappa shape index (κ2) is 5.53. The van der Waals surface area contributed by atoms with Crippen LogP contribution >= 0.6 is 0 Å². The van der Waals surface area contributed by atoms with Crippen molar-refractivity contribution in [1.82, 2.24) is 4.90 Å². The van der Waals surface area contributed by atoms with Crippen molar-refractivity contribution in [3.8, 4) is 0 Å². The van der Waals surface area contributed by atoms with Gasteiger partial charge in [-0.3, -0.25) is 4.90 Å². The molecule has 3 aromatic carbocycles. The maximum Gasteiger partial charge on any atom is 0.0934 e. The molecule has 5 rings (SSSR count). The van der Waals surface area contributed by atoms with Gasteiger partial charge in [0.15, 0.2) is 0 Å². The van der Waals surface area contributed by atoms with E-state index in [9.17, 15) is 5.11 Å². The summed E-state index contributed by atoms with van der Waals surface area (Å²) in [4.78, 5) is 2.39. The van der Waals surface area contributed by atoms with Gasteiger partial charge >= 0.3 is 0 Å². The van der Waals surface area contributed by atoms with Gasteiger partial charge in [-0.25, -0.2) is 0 Å². The number of hydrogen-bond acceptors (Lipinski definition) is 3. The van der Waals surface area contributed by atoms with Crippen molar-refractivity contribution in [1.29, 1.82) is 0 Å². The molecular weight excluding hydrogens is 310 g/mol. The fraction of sp³-hybridized carbons (Fsp3) is 0.364. The molecule has 0 aliphatic carbocycles. The van der Waals surface area contributed by atoms with Gasteiger partial charge in [0.25, 0.3) is 0 Å². The molecule has 128 valence electrons. The first-order valence-corrected chi connectivity index (χ1v) is 9.09. The predicted octanol–water partition coefficient (Wildman–Crippen LogP) is 3.67. The Bertz CT molecular complexity index is 937. The van der Waals surface area contributed by atoms with E-state index in [1.54, 1.807) is 0 Å². The minimum atomic E-state index is -0.796. The van der Waals surface area contributed by atoms with Gasteiger partial charge in [0.2, 0.25) is 0 Å². The first-order chi connectivity index (χ1) is 12.2. The highest BCUT2D eigenvalue weighted by atomic mass is 16.5. The summed E-state index contributed by atoms with van der Waals surface area (Å²) in [6.45, 7) is 1.42. The fourth-order valence-electron chi connectivity index (χ4n) is 4.80. The minimum Gasteiger partial charge on any atom is -0.385 e. The summed E-state index contributed by atoms with van der Waals surface area (Å²) in [6, 6.07) is 19.7. The van der Waals surface area contributed by atoms with Crippen molar-refractivity contribution in [3.05, 3.63) is 60.2 Å². The Morgan fingerprint density at radius 2 is 1.52 bits per heavy atom. The second-order valence-electron chi connectivity index (χ2n) is 7.64. The third kappa shape index (κ3) is 2.30. The average Bonchev–Trinajstić information content (AvgIpc) is 2.62. The smallest absolute Gasteiger partial charge is 0.0934 e. The molecule has 0 saturated carbocycles. The van der Waals surface area contributed by atoms with Crippen molar-refractivity contribution in [2.75, 3.05) is 20.3 Å². The highest BCUT2D eigenvalue weighted by Gasteiger charge is 2.46. The first-order valence-electron chi connectivity index (χ1n) is 9.09. The summed E-state index contributed by atoms with van der Waals surface area (Å²) in [7, 11) is 2.16. The molecule has 0 aromatic heterocycles. The number of hydrogen-bond donors (Lipinski definition) is 1. The average molecular weight is 333 g/mol.